The van der Waals surface area contributed by atoms with Gasteiger partial charge < -0.3 is 14.8 Å². The number of nitro groups is 1. The van der Waals surface area contributed by atoms with Crippen LogP contribution in [0.5, 0.6) is 0 Å². The van der Waals surface area contributed by atoms with E-state index in [0.717, 1.165) is 0 Å². The van der Waals surface area contributed by atoms with Crippen molar-refractivity contribution in [3.63, 3.8) is 0 Å². The molecule has 1 aromatic heterocycles. The van der Waals surface area contributed by atoms with Crippen molar-refractivity contribution in [1.29, 1.82) is 0 Å². The van der Waals surface area contributed by atoms with Crippen LogP contribution in [0.4, 0.5) is 5.69 Å². The number of benzene rings is 1. The maximum Gasteiger partial charge on any atom is 0.270 e. The van der Waals surface area contributed by atoms with Crippen molar-refractivity contribution in [2.45, 2.75) is 12.5 Å². The van der Waals surface area contributed by atoms with Gasteiger partial charge in [0.25, 0.3) is 5.69 Å². The van der Waals surface area contributed by atoms with Crippen molar-refractivity contribution >= 4 is 17.7 Å². The zero-order valence-corrected chi connectivity index (χ0v) is 12.4. The van der Waals surface area contributed by atoms with Gasteiger partial charge >= 0.3 is 0 Å². The van der Waals surface area contributed by atoms with Gasteiger partial charge in [0.1, 0.15) is 11.4 Å². The molecule has 0 bridgehead atoms. The van der Waals surface area contributed by atoms with Gasteiger partial charge in [0, 0.05) is 18.2 Å². The molecule has 7 heteroatoms. The zero-order chi connectivity index (χ0) is 16.9. The monoisotopic (exact) mass is 316 g/mol. The summed E-state index contributed by atoms with van der Waals surface area (Å²) < 4.78 is 5.11. The molecule has 1 amide bonds. The van der Waals surface area contributed by atoms with Crippen LogP contribution in [-0.2, 0) is 10.4 Å². The predicted octanol–water partition coefficient (Wildman–Crippen LogP) is 2.22. The number of hydrogen-bond donors (Lipinski definition) is 2. The lowest BCUT2D eigenvalue weighted by atomic mass is 10.0. The van der Waals surface area contributed by atoms with Gasteiger partial charge in [-0.05, 0) is 30.7 Å². The molecule has 1 aromatic carbocycles. The topological polar surface area (TPSA) is 106 Å². The Balaban J connectivity index is 1.94. The van der Waals surface area contributed by atoms with Crippen LogP contribution in [0.25, 0.3) is 6.08 Å². The summed E-state index contributed by atoms with van der Waals surface area (Å²) in [6.07, 6.45) is 4.15. The van der Waals surface area contributed by atoms with Crippen molar-refractivity contribution in [3.05, 3.63) is 70.2 Å². The number of hydrogen-bond acceptors (Lipinski definition) is 5. The maximum atomic E-state index is 11.8. The molecule has 0 saturated carbocycles. The number of nitrogens with zero attached hydrogens (tertiary/aromatic N) is 1. The van der Waals surface area contributed by atoms with Crippen LogP contribution in [0.3, 0.4) is 0 Å². The number of nitrogens with one attached hydrogen (secondary N) is 1. The average Bonchev–Trinajstić information content (AvgIpc) is 3.06. The third kappa shape index (κ3) is 4.52. The average molecular weight is 316 g/mol. The fraction of sp³-hybridized carbons (Fsp3) is 0.188. The van der Waals surface area contributed by atoms with Crippen molar-refractivity contribution in [3.8, 4) is 0 Å². The van der Waals surface area contributed by atoms with E-state index in [9.17, 15) is 20.0 Å². The minimum Gasteiger partial charge on any atom is -0.466 e. The maximum absolute atomic E-state index is 11.8. The van der Waals surface area contributed by atoms with Crippen molar-refractivity contribution in [1.82, 2.24) is 5.32 Å². The van der Waals surface area contributed by atoms with Gasteiger partial charge in [0.15, 0.2) is 0 Å². The summed E-state index contributed by atoms with van der Waals surface area (Å²) in [5.74, 6) is -0.0798. The molecule has 0 aliphatic rings. The molecule has 120 valence electrons. The normalized spacial score (nSPS) is 13.7. The SMILES string of the molecule is CC(O)(CNC(=O)C=Cc1cccc([N+](=O)[O-])c1)c1ccco1. The van der Waals surface area contributed by atoms with E-state index in [-0.39, 0.29) is 12.2 Å². The van der Waals surface area contributed by atoms with E-state index in [1.165, 1.54) is 43.5 Å². The van der Waals surface area contributed by atoms with E-state index >= 15 is 0 Å². The first-order valence-electron chi connectivity index (χ1n) is 6.85. The van der Waals surface area contributed by atoms with Crippen LogP contribution >= 0.6 is 0 Å². The molecule has 1 unspecified atom stereocenters. The van der Waals surface area contributed by atoms with Gasteiger partial charge in [-0.2, -0.15) is 0 Å². The lowest BCUT2D eigenvalue weighted by Crippen LogP contribution is -2.37. The van der Waals surface area contributed by atoms with E-state index < -0.39 is 16.4 Å². The molecule has 2 N–H and O–H groups in total. The molecule has 0 fully saturated rings. The summed E-state index contributed by atoms with van der Waals surface area (Å²) in [4.78, 5) is 22.0. The van der Waals surface area contributed by atoms with Gasteiger partial charge in [-0.25, -0.2) is 0 Å². The molecule has 2 aromatic rings. The Morgan fingerprint density at radius 1 is 1.43 bits per heavy atom. The Kier molecular flexibility index (Phi) is 4.92. The molecule has 0 aliphatic heterocycles. The van der Waals surface area contributed by atoms with Gasteiger partial charge in [-0.3, -0.25) is 14.9 Å². The third-order valence-corrected chi connectivity index (χ3v) is 3.17. The molecule has 23 heavy (non-hydrogen) atoms. The molecule has 1 atom stereocenters. The van der Waals surface area contributed by atoms with Gasteiger partial charge in [-0.1, -0.05) is 12.1 Å². The quantitative estimate of drug-likeness (QED) is 0.483. The number of furan rings is 1. The van der Waals surface area contributed by atoms with Crippen LogP contribution in [0.2, 0.25) is 0 Å². The van der Waals surface area contributed by atoms with Crippen LogP contribution in [0.15, 0.2) is 53.2 Å². The molecule has 0 spiro atoms. The van der Waals surface area contributed by atoms with E-state index in [0.29, 0.717) is 11.3 Å². The minimum atomic E-state index is -1.32. The highest BCUT2D eigenvalue weighted by Crippen LogP contribution is 2.19. The largest absolute Gasteiger partial charge is 0.466 e. The Morgan fingerprint density at radius 2 is 2.22 bits per heavy atom. The van der Waals surface area contributed by atoms with Crippen molar-refractivity contribution < 1.29 is 19.2 Å². The molecular weight excluding hydrogens is 300 g/mol. The standard InChI is InChI=1S/C16H16N2O5/c1-16(20,14-6-3-9-23-14)11-17-15(19)8-7-12-4-2-5-13(10-12)18(21)22/h2-10,20H,11H2,1H3,(H,17,19). The van der Waals surface area contributed by atoms with Gasteiger partial charge in [0.2, 0.25) is 5.91 Å². The lowest BCUT2D eigenvalue weighted by Gasteiger charge is -2.20. The first-order valence-corrected chi connectivity index (χ1v) is 6.85. The molecule has 0 saturated heterocycles. The van der Waals surface area contributed by atoms with Gasteiger partial charge in [-0.15, -0.1) is 0 Å². The number of rotatable bonds is 6. The molecule has 1 heterocycles. The summed E-state index contributed by atoms with van der Waals surface area (Å²) >= 11 is 0. The van der Waals surface area contributed by atoms with Crippen LogP contribution in [0.1, 0.15) is 18.2 Å². The second-order valence-electron chi connectivity index (χ2n) is 5.15. The molecule has 0 aliphatic carbocycles. The number of nitro benzene ring substituents is 1. The number of amides is 1. The van der Waals surface area contributed by atoms with Crippen LogP contribution in [-0.4, -0.2) is 22.5 Å². The van der Waals surface area contributed by atoms with E-state index in [1.807, 2.05) is 0 Å². The summed E-state index contributed by atoms with van der Waals surface area (Å²) in [5.41, 5.74) is -0.834. The fourth-order valence-electron chi connectivity index (χ4n) is 1.90. The first kappa shape index (κ1) is 16.4. The van der Waals surface area contributed by atoms with E-state index in [1.54, 1.807) is 18.2 Å². The number of carbonyl (C=O) groups is 1. The summed E-state index contributed by atoms with van der Waals surface area (Å²) in [5, 5.41) is 23.4. The van der Waals surface area contributed by atoms with Crippen LogP contribution < -0.4 is 5.32 Å². The summed E-state index contributed by atoms with van der Waals surface area (Å²) in [6, 6.07) is 9.19. The van der Waals surface area contributed by atoms with Crippen LogP contribution in [0, 0.1) is 10.1 Å². The smallest absolute Gasteiger partial charge is 0.270 e. The highest BCUT2D eigenvalue weighted by Gasteiger charge is 2.26. The zero-order valence-electron chi connectivity index (χ0n) is 12.4. The first-order chi connectivity index (χ1) is 10.9. The molecule has 0 radical (unpaired) electrons. The summed E-state index contributed by atoms with van der Waals surface area (Å²) in [7, 11) is 0. The summed E-state index contributed by atoms with van der Waals surface area (Å²) in [6.45, 7) is 1.50. The Hall–Kier alpha value is -2.93. The Labute approximate surface area is 132 Å². The number of non-ortho nitro benzene ring substituents is 1. The Morgan fingerprint density at radius 3 is 2.87 bits per heavy atom. The third-order valence-electron chi connectivity index (χ3n) is 3.17. The second-order valence-corrected chi connectivity index (χ2v) is 5.15. The predicted molar refractivity (Wildman–Crippen MR) is 83.4 cm³/mol. The molecule has 7 nitrogen and oxygen atoms in total. The Bertz CT molecular complexity index is 720. The fourth-order valence-corrected chi connectivity index (χ4v) is 1.90. The van der Waals surface area contributed by atoms with E-state index in [2.05, 4.69) is 5.32 Å². The van der Waals surface area contributed by atoms with Crippen molar-refractivity contribution in [2.75, 3.05) is 6.54 Å². The number of carbonyl (C=O) groups excluding carboxylic acids is 1. The lowest BCUT2D eigenvalue weighted by molar-refractivity contribution is -0.384. The highest BCUT2D eigenvalue weighted by atomic mass is 16.6. The molecule has 2 rings (SSSR count). The van der Waals surface area contributed by atoms with Gasteiger partial charge in [0.05, 0.1) is 17.7 Å². The van der Waals surface area contributed by atoms with Crippen molar-refractivity contribution in [2.24, 2.45) is 0 Å². The second kappa shape index (κ2) is 6.89. The number of aliphatic hydroxyl groups is 1. The molecular formula is C16H16N2O5. The highest BCUT2D eigenvalue weighted by molar-refractivity contribution is 5.91. The van der Waals surface area contributed by atoms with E-state index in [4.69, 9.17) is 4.42 Å². The minimum absolute atomic E-state index is 0.0291.